The third-order valence-electron chi connectivity index (χ3n) is 3.96. The molecule has 0 aliphatic carbocycles. The summed E-state index contributed by atoms with van der Waals surface area (Å²) in [5, 5.41) is 11.5. The highest BCUT2D eigenvalue weighted by atomic mass is 16.5. The van der Waals surface area contributed by atoms with Crippen molar-refractivity contribution in [2.24, 2.45) is 0 Å². The molecule has 2 aromatic carbocycles. The van der Waals surface area contributed by atoms with Crippen LogP contribution in [0.25, 0.3) is 0 Å². The van der Waals surface area contributed by atoms with E-state index in [4.69, 9.17) is 9.84 Å². The standard InChI is InChI=1S/C21H27NO3/c1-21(2,3)18-9-11-19(12-10-18)25-15-16-5-7-17(8-6-16)20(24)22-13-4-14-23/h5-12,23H,4,13-15H2,1-3H3,(H,22,24). The fourth-order valence-electron chi connectivity index (χ4n) is 2.35. The van der Waals surface area contributed by atoms with E-state index < -0.39 is 0 Å². The van der Waals surface area contributed by atoms with Crippen LogP contribution in [-0.2, 0) is 12.0 Å². The molecule has 2 rings (SSSR count). The number of aliphatic hydroxyl groups is 1. The Bertz CT molecular complexity index is 670. The van der Waals surface area contributed by atoms with Crippen LogP contribution in [-0.4, -0.2) is 24.2 Å². The largest absolute Gasteiger partial charge is 0.489 e. The number of ether oxygens (including phenoxy) is 1. The van der Waals surface area contributed by atoms with Gasteiger partial charge in [0.05, 0.1) is 0 Å². The van der Waals surface area contributed by atoms with Gasteiger partial charge in [0.15, 0.2) is 0 Å². The first-order chi connectivity index (χ1) is 11.9. The molecule has 0 heterocycles. The Kier molecular flexibility index (Phi) is 6.59. The van der Waals surface area contributed by atoms with Crippen LogP contribution in [0, 0.1) is 0 Å². The van der Waals surface area contributed by atoms with Crippen molar-refractivity contribution in [2.75, 3.05) is 13.2 Å². The zero-order valence-corrected chi connectivity index (χ0v) is 15.2. The molecule has 0 atom stereocenters. The Balaban J connectivity index is 1.88. The molecule has 0 aromatic heterocycles. The highest BCUT2D eigenvalue weighted by Gasteiger charge is 2.13. The quantitative estimate of drug-likeness (QED) is 0.755. The molecule has 4 nitrogen and oxygen atoms in total. The van der Waals surface area contributed by atoms with Gasteiger partial charge < -0.3 is 15.2 Å². The number of rotatable bonds is 7. The van der Waals surface area contributed by atoms with Crippen LogP contribution in [0.5, 0.6) is 5.75 Å². The summed E-state index contributed by atoms with van der Waals surface area (Å²) < 4.78 is 5.81. The van der Waals surface area contributed by atoms with Crippen molar-refractivity contribution in [3.8, 4) is 5.75 Å². The van der Waals surface area contributed by atoms with Crippen molar-refractivity contribution in [2.45, 2.75) is 39.2 Å². The molecule has 0 unspecified atom stereocenters. The predicted octanol–water partition coefficient (Wildman–Crippen LogP) is 3.68. The Morgan fingerprint density at radius 1 is 1.04 bits per heavy atom. The van der Waals surface area contributed by atoms with E-state index in [0.29, 0.717) is 25.1 Å². The molecule has 2 N–H and O–H groups in total. The molecule has 134 valence electrons. The Labute approximate surface area is 149 Å². The molecule has 0 bridgehead atoms. The van der Waals surface area contributed by atoms with Gasteiger partial charge in [-0.2, -0.15) is 0 Å². The summed E-state index contributed by atoms with van der Waals surface area (Å²) in [6.45, 7) is 7.57. The number of benzene rings is 2. The fraction of sp³-hybridized carbons (Fsp3) is 0.381. The fourth-order valence-corrected chi connectivity index (χ4v) is 2.35. The zero-order valence-electron chi connectivity index (χ0n) is 15.2. The molecule has 0 aliphatic rings. The Morgan fingerprint density at radius 3 is 2.24 bits per heavy atom. The van der Waals surface area contributed by atoms with Gasteiger partial charge in [0.1, 0.15) is 12.4 Å². The normalized spacial score (nSPS) is 11.2. The van der Waals surface area contributed by atoms with E-state index in [9.17, 15) is 4.79 Å². The molecular weight excluding hydrogens is 314 g/mol. The van der Waals surface area contributed by atoms with E-state index in [1.54, 1.807) is 12.1 Å². The maximum Gasteiger partial charge on any atom is 0.251 e. The van der Waals surface area contributed by atoms with E-state index in [2.05, 4.69) is 38.2 Å². The van der Waals surface area contributed by atoms with Crippen molar-refractivity contribution in [1.29, 1.82) is 0 Å². The van der Waals surface area contributed by atoms with Crippen LogP contribution in [0.15, 0.2) is 48.5 Å². The molecule has 0 spiro atoms. The molecule has 2 aromatic rings. The maximum absolute atomic E-state index is 11.9. The molecule has 0 fully saturated rings. The topological polar surface area (TPSA) is 58.6 Å². The first-order valence-corrected chi connectivity index (χ1v) is 8.61. The minimum Gasteiger partial charge on any atom is -0.489 e. The molecular formula is C21H27NO3. The van der Waals surface area contributed by atoms with Crippen molar-refractivity contribution in [3.05, 3.63) is 65.2 Å². The van der Waals surface area contributed by atoms with Crippen LogP contribution in [0.2, 0.25) is 0 Å². The van der Waals surface area contributed by atoms with Crippen molar-refractivity contribution in [3.63, 3.8) is 0 Å². The highest BCUT2D eigenvalue weighted by Crippen LogP contribution is 2.24. The van der Waals surface area contributed by atoms with Gasteiger partial charge in [-0.25, -0.2) is 0 Å². The average molecular weight is 341 g/mol. The van der Waals surface area contributed by atoms with Crippen molar-refractivity contribution in [1.82, 2.24) is 5.32 Å². The summed E-state index contributed by atoms with van der Waals surface area (Å²) in [4.78, 5) is 11.9. The summed E-state index contributed by atoms with van der Waals surface area (Å²) >= 11 is 0. The second kappa shape index (κ2) is 8.67. The lowest BCUT2D eigenvalue weighted by Crippen LogP contribution is -2.24. The van der Waals surface area contributed by atoms with E-state index in [-0.39, 0.29) is 17.9 Å². The average Bonchev–Trinajstić information content (AvgIpc) is 2.60. The van der Waals surface area contributed by atoms with Crippen LogP contribution in [0.4, 0.5) is 0 Å². The minimum absolute atomic E-state index is 0.0767. The first kappa shape index (κ1) is 19.0. The van der Waals surface area contributed by atoms with Crippen LogP contribution < -0.4 is 10.1 Å². The molecule has 4 heteroatoms. The number of hydrogen-bond donors (Lipinski definition) is 2. The first-order valence-electron chi connectivity index (χ1n) is 8.61. The van der Waals surface area contributed by atoms with Crippen LogP contribution >= 0.6 is 0 Å². The smallest absolute Gasteiger partial charge is 0.251 e. The Morgan fingerprint density at radius 2 is 1.68 bits per heavy atom. The molecule has 0 saturated carbocycles. The molecule has 1 amide bonds. The molecule has 0 aliphatic heterocycles. The van der Waals surface area contributed by atoms with Gasteiger partial charge in [0.25, 0.3) is 5.91 Å². The Hall–Kier alpha value is -2.33. The van der Waals surface area contributed by atoms with Gasteiger partial charge in [-0.1, -0.05) is 45.0 Å². The minimum atomic E-state index is -0.126. The SMILES string of the molecule is CC(C)(C)c1ccc(OCc2ccc(C(=O)NCCCO)cc2)cc1. The molecule has 0 saturated heterocycles. The van der Waals surface area contributed by atoms with E-state index in [0.717, 1.165) is 11.3 Å². The monoisotopic (exact) mass is 341 g/mol. The summed E-state index contributed by atoms with van der Waals surface area (Å²) in [7, 11) is 0. The lowest BCUT2D eigenvalue weighted by Gasteiger charge is -2.19. The predicted molar refractivity (Wildman–Crippen MR) is 100.0 cm³/mol. The van der Waals surface area contributed by atoms with Gasteiger partial charge >= 0.3 is 0 Å². The zero-order chi connectivity index (χ0) is 18.3. The van der Waals surface area contributed by atoms with Gasteiger partial charge in [-0.05, 0) is 47.2 Å². The number of nitrogens with one attached hydrogen (secondary N) is 1. The summed E-state index contributed by atoms with van der Waals surface area (Å²) in [6, 6.07) is 15.5. The van der Waals surface area contributed by atoms with Gasteiger partial charge in [0, 0.05) is 18.7 Å². The third kappa shape index (κ3) is 5.91. The number of carbonyl (C=O) groups is 1. The highest BCUT2D eigenvalue weighted by molar-refractivity contribution is 5.94. The molecule has 25 heavy (non-hydrogen) atoms. The molecule has 0 radical (unpaired) electrons. The second-order valence-corrected chi connectivity index (χ2v) is 7.09. The van der Waals surface area contributed by atoms with Crippen LogP contribution in [0.1, 0.15) is 48.7 Å². The van der Waals surface area contributed by atoms with Crippen LogP contribution in [0.3, 0.4) is 0 Å². The van der Waals surface area contributed by atoms with E-state index in [1.807, 2.05) is 24.3 Å². The second-order valence-electron chi connectivity index (χ2n) is 7.09. The van der Waals surface area contributed by atoms with Gasteiger partial charge in [-0.3, -0.25) is 4.79 Å². The number of amides is 1. The van der Waals surface area contributed by atoms with Crippen molar-refractivity contribution < 1.29 is 14.6 Å². The number of aliphatic hydroxyl groups excluding tert-OH is 1. The lowest BCUT2D eigenvalue weighted by molar-refractivity contribution is 0.0951. The lowest BCUT2D eigenvalue weighted by atomic mass is 9.87. The number of carbonyl (C=O) groups excluding carboxylic acids is 1. The summed E-state index contributed by atoms with van der Waals surface area (Å²) in [6.07, 6.45) is 0.561. The van der Waals surface area contributed by atoms with Gasteiger partial charge in [-0.15, -0.1) is 0 Å². The third-order valence-corrected chi connectivity index (χ3v) is 3.96. The van der Waals surface area contributed by atoms with E-state index in [1.165, 1.54) is 5.56 Å². The number of hydrogen-bond acceptors (Lipinski definition) is 3. The summed E-state index contributed by atoms with van der Waals surface area (Å²) in [5.74, 6) is 0.706. The van der Waals surface area contributed by atoms with E-state index >= 15 is 0 Å². The van der Waals surface area contributed by atoms with Gasteiger partial charge in [0.2, 0.25) is 0 Å². The van der Waals surface area contributed by atoms with Crippen molar-refractivity contribution >= 4 is 5.91 Å². The maximum atomic E-state index is 11.9. The summed E-state index contributed by atoms with van der Waals surface area (Å²) in [5.41, 5.74) is 3.02.